The molecule has 0 aliphatic rings. The van der Waals surface area contributed by atoms with Crippen molar-refractivity contribution in [2.24, 2.45) is 0 Å². The highest BCUT2D eigenvalue weighted by Crippen LogP contribution is 2.32. The van der Waals surface area contributed by atoms with E-state index in [1.54, 1.807) is 19.1 Å². The zero-order chi connectivity index (χ0) is 27.2. The van der Waals surface area contributed by atoms with E-state index >= 15 is 0 Å². The Hall–Kier alpha value is -3.26. The van der Waals surface area contributed by atoms with Gasteiger partial charge in [-0.1, -0.05) is 42.5 Å². The number of ether oxygens (including phenoxy) is 2. The van der Waals surface area contributed by atoms with Crippen LogP contribution in [0.1, 0.15) is 49.1 Å². The van der Waals surface area contributed by atoms with Gasteiger partial charge in [-0.2, -0.15) is 0 Å². The van der Waals surface area contributed by atoms with E-state index < -0.39 is 17.8 Å². The molecular weight excluding hydrogens is 473 g/mol. The quantitative estimate of drug-likeness (QED) is 0.210. The third-order valence-electron chi connectivity index (χ3n) is 6.28. The second-order valence-electron chi connectivity index (χ2n) is 10.1. The number of hydrogen-bond acceptors (Lipinski definition) is 5. The number of carbonyl (C=O) groups is 1. The summed E-state index contributed by atoms with van der Waals surface area (Å²) in [6, 6.07) is 18.4. The largest absolute Gasteiger partial charge is 0.511 e. The van der Waals surface area contributed by atoms with Gasteiger partial charge in [0, 0.05) is 12.1 Å². The van der Waals surface area contributed by atoms with Gasteiger partial charge in [0.05, 0.1) is 18.8 Å². The summed E-state index contributed by atoms with van der Waals surface area (Å²) in [6.07, 6.45) is -1.90. The Balaban J connectivity index is 1.59. The fourth-order valence-corrected chi connectivity index (χ4v) is 4.27. The zero-order valence-corrected chi connectivity index (χ0v) is 22.0. The Labute approximate surface area is 218 Å². The molecule has 3 N–H and O–H groups in total. The van der Waals surface area contributed by atoms with Crippen molar-refractivity contribution in [1.29, 1.82) is 0 Å². The molecule has 0 aliphatic carbocycles. The van der Waals surface area contributed by atoms with Gasteiger partial charge in [-0.3, -0.25) is 0 Å². The summed E-state index contributed by atoms with van der Waals surface area (Å²) in [6.45, 7) is 9.97. The number of halogens is 1. The molecule has 1 unspecified atom stereocenters. The summed E-state index contributed by atoms with van der Waals surface area (Å²) in [5, 5.41) is 22.8. The molecular formula is C30H36FNO5. The van der Waals surface area contributed by atoms with Crippen LogP contribution in [0.4, 0.5) is 9.18 Å². The Morgan fingerprint density at radius 3 is 2.49 bits per heavy atom. The molecule has 198 valence electrons. The summed E-state index contributed by atoms with van der Waals surface area (Å²) < 4.78 is 25.1. The number of aryl methyl sites for hydroxylation is 2. The number of rotatable bonds is 11. The van der Waals surface area contributed by atoms with Crippen molar-refractivity contribution in [2.75, 3.05) is 13.2 Å². The van der Waals surface area contributed by atoms with Crippen molar-refractivity contribution in [3.05, 3.63) is 88.7 Å². The third-order valence-corrected chi connectivity index (χ3v) is 6.28. The smallest absolute Gasteiger partial charge is 0.449 e. The van der Waals surface area contributed by atoms with Crippen LogP contribution < -0.4 is 10.1 Å². The van der Waals surface area contributed by atoms with Crippen LogP contribution in [0.5, 0.6) is 5.75 Å². The van der Waals surface area contributed by atoms with Crippen LogP contribution in [0.25, 0.3) is 11.1 Å². The van der Waals surface area contributed by atoms with Crippen molar-refractivity contribution < 1.29 is 28.9 Å². The van der Waals surface area contributed by atoms with Gasteiger partial charge in [-0.15, -0.1) is 0 Å². The first-order valence-electron chi connectivity index (χ1n) is 12.4. The monoisotopic (exact) mass is 509 g/mol. The Kier molecular flexibility index (Phi) is 9.43. The molecule has 7 heteroatoms. The van der Waals surface area contributed by atoms with E-state index in [9.17, 15) is 14.3 Å². The van der Waals surface area contributed by atoms with Gasteiger partial charge in [-0.25, -0.2) is 9.18 Å². The maximum absolute atomic E-state index is 14.3. The van der Waals surface area contributed by atoms with Crippen molar-refractivity contribution in [3.8, 4) is 16.9 Å². The first-order chi connectivity index (χ1) is 17.4. The molecule has 0 aromatic heterocycles. The van der Waals surface area contributed by atoms with Crippen LogP contribution in [0.3, 0.4) is 0 Å². The lowest BCUT2D eigenvalue weighted by Crippen LogP contribution is -2.46. The van der Waals surface area contributed by atoms with Gasteiger partial charge >= 0.3 is 6.16 Å². The average molecular weight is 510 g/mol. The fourth-order valence-electron chi connectivity index (χ4n) is 4.27. The summed E-state index contributed by atoms with van der Waals surface area (Å²) in [4.78, 5) is 10.9. The van der Waals surface area contributed by atoms with Gasteiger partial charge in [0.15, 0.2) is 0 Å². The van der Waals surface area contributed by atoms with E-state index in [2.05, 4.69) is 5.32 Å². The lowest BCUT2D eigenvalue weighted by Gasteiger charge is -2.28. The molecule has 0 aliphatic heterocycles. The van der Waals surface area contributed by atoms with Crippen molar-refractivity contribution in [1.82, 2.24) is 5.32 Å². The Morgan fingerprint density at radius 1 is 1.08 bits per heavy atom. The summed E-state index contributed by atoms with van der Waals surface area (Å²) >= 11 is 0. The number of benzene rings is 3. The molecule has 3 aromatic rings. The molecule has 0 saturated carbocycles. The predicted molar refractivity (Wildman–Crippen MR) is 143 cm³/mol. The first kappa shape index (κ1) is 28.3. The normalized spacial score (nSPS) is 13.3. The van der Waals surface area contributed by atoms with E-state index in [1.165, 1.54) is 6.07 Å². The van der Waals surface area contributed by atoms with Crippen molar-refractivity contribution in [2.45, 2.75) is 58.8 Å². The molecule has 0 spiro atoms. The summed E-state index contributed by atoms with van der Waals surface area (Å²) in [5.41, 5.74) is 4.62. The molecule has 3 rings (SSSR count). The van der Waals surface area contributed by atoms with Gasteiger partial charge in [0.25, 0.3) is 0 Å². The van der Waals surface area contributed by atoms with Gasteiger partial charge in [-0.05, 0) is 92.6 Å². The highest BCUT2D eigenvalue weighted by atomic mass is 19.1. The van der Waals surface area contributed by atoms with Crippen molar-refractivity contribution in [3.63, 3.8) is 0 Å². The highest BCUT2D eigenvalue weighted by molar-refractivity contribution is 5.70. The molecule has 0 radical (unpaired) electrons. The molecule has 0 fully saturated rings. The zero-order valence-electron chi connectivity index (χ0n) is 22.0. The van der Waals surface area contributed by atoms with Crippen LogP contribution in [0.2, 0.25) is 0 Å². The standard InChI is InChI=1S/C30H36FNO5/c1-19-10-11-23(27(31)14-19)16-30(4,5)32-17-24(33)18-36-21(3)25-8-6-7-9-26(25)22-12-13-28(20(2)15-22)37-29(34)35/h6-15,21,24,32-33H,16-18H2,1-5H3,(H,34,35)/t21?,24-/m1/s1. The van der Waals surface area contributed by atoms with E-state index in [0.29, 0.717) is 29.8 Å². The molecule has 0 bridgehead atoms. The third kappa shape index (κ3) is 8.12. The summed E-state index contributed by atoms with van der Waals surface area (Å²) in [5.74, 6) is 0.0761. The molecule has 0 saturated heterocycles. The summed E-state index contributed by atoms with van der Waals surface area (Å²) in [7, 11) is 0. The fraction of sp³-hybridized carbons (Fsp3) is 0.367. The van der Waals surface area contributed by atoms with Crippen LogP contribution >= 0.6 is 0 Å². The first-order valence-corrected chi connectivity index (χ1v) is 12.4. The van der Waals surface area contributed by atoms with Gasteiger partial charge < -0.3 is 25.0 Å². The van der Waals surface area contributed by atoms with E-state index in [4.69, 9.17) is 14.6 Å². The second kappa shape index (κ2) is 12.3. The number of hydrogen-bond donors (Lipinski definition) is 3. The number of β-amino-alcohol motifs (C(OH)–C–C–N with tert-alkyl or cyclic N) is 1. The maximum Gasteiger partial charge on any atom is 0.511 e. The highest BCUT2D eigenvalue weighted by Gasteiger charge is 2.22. The minimum Gasteiger partial charge on any atom is -0.449 e. The van der Waals surface area contributed by atoms with Gasteiger partial charge in [0.1, 0.15) is 11.6 Å². The molecule has 6 nitrogen and oxygen atoms in total. The average Bonchev–Trinajstić information content (AvgIpc) is 2.84. The van der Waals surface area contributed by atoms with Crippen LogP contribution in [0, 0.1) is 19.7 Å². The van der Waals surface area contributed by atoms with Gasteiger partial charge in [0.2, 0.25) is 0 Å². The Morgan fingerprint density at radius 2 is 1.81 bits per heavy atom. The minimum atomic E-state index is -1.35. The Bertz CT molecular complexity index is 1230. The van der Waals surface area contributed by atoms with Crippen LogP contribution in [-0.4, -0.2) is 41.2 Å². The lowest BCUT2D eigenvalue weighted by atomic mass is 9.93. The minimum absolute atomic E-state index is 0.127. The molecule has 0 amide bonds. The SMILES string of the molecule is Cc1ccc(CC(C)(C)NC[C@@H](O)COC(C)c2ccccc2-c2ccc(OC(=O)O)c(C)c2)c(F)c1. The second-order valence-corrected chi connectivity index (χ2v) is 10.1. The number of aliphatic hydroxyl groups is 1. The van der Waals surface area contributed by atoms with Crippen LogP contribution in [-0.2, 0) is 11.2 Å². The molecule has 0 heterocycles. The molecule has 2 atom stereocenters. The maximum atomic E-state index is 14.3. The van der Waals surface area contributed by atoms with E-state index in [1.807, 2.05) is 70.2 Å². The van der Waals surface area contributed by atoms with Crippen LogP contribution in [0.15, 0.2) is 60.7 Å². The van der Waals surface area contributed by atoms with E-state index in [-0.39, 0.29) is 18.5 Å². The lowest BCUT2D eigenvalue weighted by molar-refractivity contribution is -0.00398. The number of carboxylic acid groups (broad SMARTS) is 1. The molecule has 3 aromatic carbocycles. The number of nitrogens with one attached hydrogen (secondary N) is 1. The van der Waals surface area contributed by atoms with E-state index in [0.717, 1.165) is 22.3 Å². The van der Waals surface area contributed by atoms with Crippen molar-refractivity contribution >= 4 is 6.16 Å². The topological polar surface area (TPSA) is 88.0 Å². The number of aliphatic hydroxyl groups excluding tert-OH is 1. The molecule has 37 heavy (non-hydrogen) atoms. The predicted octanol–water partition coefficient (Wildman–Crippen LogP) is 6.22.